The van der Waals surface area contributed by atoms with Gasteiger partial charge in [0.25, 0.3) is 0 Å². The zero-order valence-corrected chi connectivity index (χ0v) is 31.0. The van der Waals surface area contributed by atoms with Crippen LogP contribution < -0.4 is 0 Å². The Hall–Kier alpha value is -7.00. The Kier molecular flexibility index (Phi) is 6.11. The number of furan rings is 1. The van der Waals surface area contributed by atoms with Gasteiger partial charge < -0.3 is 4.42 Å². The topological polar surface area (TPSA) is 13.1 Å². The minimum atomic E-state index is 0.929. The smallest absolute Gasteiger partial charge is 0.136 e. The fourth-order valence-electron chi connectivity index (χ4n) is 9.69. The SMILES string of the molecule is c1ccc2c(-c3ccc4sc5ccc(-c6ccc7c(c6)c6ccccc6c6c7ccc7oc8ccc9ccccc9c8c76)cc5c4c3)c3ccccc3cc2c1. The predicted molar refractivity (Wildman–Crippen MR) is 243 cm³/mol. The maximum Gasteiger partial charge on any atom is 0.136 e. The molecule has 11 aromatic carbocycles. The van der Waals surface area contributed by atoms with Crippen LogP contribution in [0.15, 0.2) is 186 Å². The first-order valence-corrected chi connectivity index (χ1v) is 20.1. The maximum atomic E-state index is 6.54. The van der Waals surface area contributed by atoms with Gasteiger partial charge in [0.2, 0.25) is 0 Å². The second kappa shape index (κ2) is 11.3. The van der Waals surface area contributed by atoms with E-state index in [1.807, 2.05) is 11.3 Å². The zero-order valence-electron chi connectivity index (χ0n) is 30.1. The van der Waals surface area contributed by atoms with Crippen molar-refractivity contribution in [3.8, 4) is 22.3 Å². The molecule has 0 aliphatic heterocycles. The van der Waals surface area contributed by atoms with Crippen LogP contribution in [0.1, 0.15) is 0 Å². The van der Waals surface area contributed by atoms with Gasteiger partial charge in [-0.1, -0.05) is 127 Å². The van der Waals surface area contributed by atoms with Crippen molar-refractivity contribution in [3.05, 3.63) is 182 Å². The molecule has 13 aromatic rings. The summed E-state index contributed by atoms with van der Waals surface area (Å²) in [6.07, 6.45) is 0. The van der Waals surface area contributed by atoms with Crippen molar-refractivity contribution in [1.82, 2.24) is 0 Å². The molecule has 2 heteroatoms. The average molecular weight is 727 g/mol. The van der Waals surface area contributed by atoms with Gasteiger partial charge >= 0.3 is 0 Å². The lowest BCUT2D eigenvalue weighted by Crippen LogP contribution is -1.86. The van der Waals surface area contributed by atoms with Crippen LogP contribution in [0, 0.1) is 0 Å². The van der Waals surface area contributed by atoms with E-state index in [1.54, 1.807) is 0 Å². The molecule has 2 aromatic heterocycles. The molecule has 13 rings (SSSR count). The Morgan fingerprint density at radius 1 is 0.286 bits per heavy atom. The van der Waals surface area contributed by atoms with E-state index in [0.29, 0.717) is 0 Å². The van der Waals surface area contributed by atoms with Gasteiger partial charge in [0, 0.05) is 36.3 Å². The van der Waals surface area contributed by atoms with Crippen molar-refractivity contribution in [2.45, 2.75) is 0 Å². The van der Waals surface area contributed by atoms with E-state index in [2.05, 4.69) is 182 Å². The minimum Gasteiger partial charge on any atom is -0.456 e. The molecule has 0 unspecified atom stereocenters. The molecule has 0 bridgehead atoms. The number of thiophene rings is 1. The van der Waals surface area contributed by atoms with E-state index in [9.17, 15) is 0 Å². The second-order valence-corrected chi connectivity index (χ2v) is 16.2. The van der Waals surface area contributed by atoms with Crippen LogP contribution in [0.2, 0.25) is 0 Å². The molecule has 0 radical (unpaired) electrons. The first kappa shape index (κ1) is 30.3. The highest BCUT2D eigenvalue weighted by Crippen LogP contribution is 2.46. The third kappa shape index (κ3) is 4.19. The summed E-state index contributed by atoms with van der Waals surface area (Å²) in [5.41, 5.74) is 6.87. The number of hydrogen-bond donors (Lipinski definition) is 0. The molecule has 56 heavy (non-hydrogen) atoms. The molecule has 0 N–H and O–H groups in total. The Morgan fingerprint density at radius 2 is 0.786 bits per heavy atom. The molecular formula is C54H30OS. The van der Waals surface area contributed by atoms with Gasteiger partial charge in [-0.2, -0.15) is 0 Å². The largest absolute Gasteiger partial charge is 0.456 e. The van der Waals surface area contributed by atoms with E-state index in [1.165, 1.54) is 118 Å². The van der Waals surface area contributed by atoms with Crippen molar-refractivity contribution >= 4 is 118 Å². The maximum absolute atomic E-state index is 6.54. The molecule has 0 aliphatic rings. The van der Waals surface area contributed by atoms with Crippen LogP contribution in [0.25, 0.3) is 129 Å². The number of rotatable bonds is 2. The van der Waals surface area contributed by atoms with E-state index < -0.39 is 0 Å². The zero-order chi connectivity index (χ0) is 36.5. The molecule has 2 heterocycles. The van der Waals surface area contributed by atoms with Crippen molar-refractivity contribution in [1.29, 1.82) is 0 Å². The van der Waals surface area contributed by atoms with Crippen LogP contribution in [0.3, 0.4) is 0 Å². The first-order chi connectivity index (χ1) is 27.7. The highest BCUT2D eigenvalue weighted by molar-refractivity contribution is 7.25. The molecule has 0 aliphatic carbocycles. The van der Waals surface area contributed by atoms with Gasteiger partial charge in [-0.05, 0) is 136 Å². The summed E-state index contributed by atoms with van der Waals surface area (Å²) in [6, 6.07) is 67.3. The summed E-state index contributed by atoms with van der Waals surface area (Å²) in [5, 5.41) is 20.1. The summed E-state index contributed by atoms with van der Waals surface area (Å²) in [4.78, 5) is 0. The van der Waals surface area contributed by atoms with Crippen molar-refractivity contribution in [2.75, 3.05) is 0 Å². The highest BCUT2D eigenvalue weighted by Gasteiger charge is 2.19. The van der Waals surface area contributed by atoms with Crippen LogP contribution in [0.5, 0.6) is 0 Å². The molecule has 0 saturated heterocycles. The Bertz CT molecular complexity index is 3750. The molecular weight excluding hydrogens is 697 g/mol. The van der Waals surface area contributed by atoms with Crippen molar-refractivity contribution in [3.63, 3.8) is 0 Å². The molecule has 258 valence electrons. The molecule has 0 atom stereocenters. The summed E-state index contributed by atoms with van der Waals surface area (Å²) in [7, 11) is 0. The second-order valence-electron chi connectivity index (χ2n) is 15.1. The molecule has 0 amide bonds. The molecule has 0 saturated carbocycles. The fourth-order valence-corrected chi connectivity index (χ4v) is 10.8. The van der Waals surface area contributed by atoms with Crippen LogP contribution in [-0.4, -0.2) is 0 Å². The lowest BCUT2D eigenvalue weighted by atomic mass is 9.89. The average Bonchev–Trinajstić information content (AvgIpc) is 3.83. The van der Waals surface area contributed by atoms with E-state index in [0.717, 1.165) is 11.2 Å². The quantitative estimate of drug-likeness (QED) is 0.128. The predicted octanol–water partition coefficient (Wildman–Crippen LogP) is 16.2. The van der Waals surface area contributed by atoms with Crippen molar-refractivity contribution in [2.24, 2.45) is 0 Å². The lowest BCUT2D eigenvalue weighted by molar-refractivity contribution is 0.669. The van der Waals surface area contributed by atoms with Crippen LogP contribution >= 0.6 is 11.3 Å². The monoisotopic (exact) mass is 726 g/mol. The third-order valence-corrected chi connectivity index (χ3v) is 13.3. The molecule has 1 nitrogen and oxygen atoms in total. The van der Waals surface area contributed by atoms with Crippen molar-refractivity contribution < 1.29 is 4.42 Å². The minimum absolute atomic E-state index is 0.929. The molecule has 0 fully saturated rings. The van der Waals surface area contributed by atoms with E-state index in [4.69, 9.17) is 4.42 Å². The number of hydrogen-bond acceptors (Lipinski definition) is 2. The van der Waals surface area contributed by atoms with E-state index >= 15 is 0 Å². The third-order valence-electron chi connectivity index (χ3n) is 12.2. The lowest BCUT2D eigenvalue weighted by Gasteiger charge is -2.13. The Balaban J connectivity index is 1.03. The number of benzene rings is 11. The fraction of sp³-hybridized carbons (Fsp3) is 0. The highest BCUT2D eigenvalue weighted by atomic mass is 32.1. The van der Waals surface area contributed by atoms with Crippen LogP contribution in [-0.2, 0) is 0 Å². The first-order valence-electron chi connectivity index (χ1n) is 19.2. The summed E-state index contributed by atoms with van der Waals surface area (Å²) >= 11 is 1.88. The van der Waals surface area contributed by atoms with Gasteiger partial charge in [-0.3, -0.25) is 0 Å². The summed E-state index contributed by atoms with van der Waals surface area (Å²) in [5.74, 6) is 0. The molecule has 0 spiro atoms. The van der Waals surface area contributed by atoms with Gasteiger partial charge in [-0.15, -0.1) is 11.3 Å². The normalized spacial score (nSPS) is 12.3. The Morgan fingerprint density at radius 3 is 1.54 bits per heavy atom. The summed E-state index contributed by atoms with van der Waals surface area (Å²) < 4.78 is 9.16. The number of fused-ring (bicyclic) bond motifs is 17. The Labute approximate surface area is 325 Å². The van der Waals surface area contributed by atoms with Gasteiger partial charge in [-0.25, -0.2) is 0 Å². The summed E-state index contributed by atoms with van der Waals surface area (Å²) in [6.45, 7) is 0. The van der Waals surface area contributed by atoms with E-state index in [-0.39, 0.29) is 0 Å². The standard InChI is InChI=1S/C54H30OS/c1-4-12-37-31(9-1)18-23-47-53(37)54-48(55-47)24-22-43-41-21-17-32(28-44(41)40-15-7-8-16-42(40)52(43)54)33-19-25-49-45(29-33)46-30-36(20-26-50(46)56-49)51-38-13-5-2-10-34(38)27-35-11-3-6-14-39(35)51/h1-30H. The van der Waals surface area contributed by atoms with Gasteiger partial charge in [0.15, 0.2) is 0 Å². The van der Waals surface area contributed by atoms with Gasteiger partial charge in [0.1, 0.15) is 11.2 Å². The van der Waals surface area contributed by atoms with Gasteiger partial charge in [0.05, 0.1) is 0 Å². The van der Waals surface area contributed by atoms with Crippen LogP contribution in [0.4, 0.5) is 0 Å².